The van der Waals surface area contributed by atoms with Crippen LogP contribution in [0.1, 0.15) is 5.56 Å². The minimum Gasteiger partial charge on any atom is -0.315 e. The Hall–Kier alpha value is -3.47. The van der Waals surface area contributed by atoms with Crippen LogP contribution in [-0.4, -0.2) is 34.4 Å². The number of benzene rings is 1. The van der Waals surface area contributed by atoms with Crippen LogP contribution in [0.15, 0.2) is 56.9 Å². The summed E-state index contributed by atoms with van der Waals surface area (Å²) in [5.74, 6) is 0.180. The molecule has 3 aromatic heterocycles. The number of aryl methyl sites for hydroxylation is 1. The van der Waals surface area contributed by atoms with Crippen LogP contribution in [-0.2, 0) is 32.0 Å². The van der Waals surface area contributed by atoms with E-state index in [1.54, 1.807) is 16.9 Å². The van der Waals surface area contributed by atoms with Gasteiger partial charge >= 0.3 is 5.69 Å². The number of carbonyl (C=O) groups is 1. The minimum absolute atomic E-state index is 0.135. The molecule has 154 valence electrons. The van der Waals surface area contributed by atoms with E-state index in [4.69, 9.17) is 0 Å². The number of nitrogens with one attached hydrogen (secondary N) is 1. The summed E-state index contributed by atoms with van der Waals surface area (Å²) in [5, 5.41) is 7.08. The molecule has 0 spiro atoms. The summed E-state index contributed by atoms with van der Waals surface area (Å²) < 4.78 is 6.32. The largest absolute Gasteiger partial charge is 0.332 e. The van der Waals surface area contributed by atoms with E-state index in [2.05, 4.69) is 31.3 Å². The standard InChI is InChI=1S/C19H18BrN7O3/c1-24-17-16(18(29)25(2)19(24)30)26(11-21-17)10-15(28)23-14-7-8-22-27(14)9-12-5-3-4-6-13(12)20/h3-8,11H,9-10H2,1-2H3,(H,23,28). The first-order valence-corrected chi connectivity index (χ1v) is 9.82. The molecule has 4 aromatic rings. The fraction of sp³-hybridized carbons (Fsp3) is 0.211. The second-order valence-corrected chi connectivity index (χ2v) is 7.62. The van der Waals surface area contributed by atoms with Crippen molar-refractivity contribution >= 4 is 38.8 Å². The molecule has 1 aromatic carbocycles. The maximum Gasteiger partial charge on any atom is 0.332 e. The van der Waals surface area contributed by atoms with Gasteiger partial charge in [-0.2, -0.15) is 5.10 Å². The van der Waals surface area contributed by atoms with Crippen molar-refractivity contribution in [3.05, 3.63) is 73.7 Å². The van der Waals surface area contributed by atoms with Crippen molar-refractivity contribution in [1.29, 1.82) is 0 Å². The van der Waals surface area contributed by atoms with E-state index in [0.717, 1.165) is 14.6 Å². The molecule has 0 aliphatic heterocycles. The summed E-state index contributed by atoms with van der Waals surface area (Å²) in [6.07, 6.45) is 2.98. The van der Waals surface area contributed by atoms with Crippen LogP contribution in [0.2, 0.25) is 0 Å². The van der Waals surface area contributed by atoms with Crippen molar-refractivity contribution in [3.63, 3.8) is 0 Å². The average Bonchev–Trinajstić information content (AvgIpc) is 3.33. The Morgan fingerprint density at radius 3 is 2.67 bits per heavy atom. The molecule has 4 rings (SSSR count). The van der Waals surface area contributed by atoms with Gasteiger partial charge in [-0.15, -0.1) is 0 Å². The lowest BCUT2D eigenvalue weighted by molar-refractivity contribution is -0.116. The zero-order valence-electron chi connectivity index (χ0n) is 16.2. The van der Waals surface area contributed by atoms with Gasteiger partial charge in [-0.05, 0) is 11.6 Å². The molecular formula is C19H18BrN7O3. The lowest BCUT2D eigenvalue weighted by Gasteiger charge is -2.11. The first-order valence-electron chi connectivity index (χ1n) is 9.02. The highest BCUT2D eigenvalue weighted by atomic mass is 79.9. The van der Waals surface area contributed by atoms with Crippen LogP contribution >= 0.6 is 15.9 Å². The lowest BCUT2D eigenvalue weighted by Crippen LogP contribution is -2.37. The Labute approximate surface area is 178 Å². The fourth-order valence-corrected chi connectivity index (χ4v) is 3.62. The summed E-state index contributed by atoms with van der Waals surface area (Å²) in [5.41, 5.74) is 0.462. The molecule has 0 unspecified atom stereocenters. The van der Waals surface area contributed by atoms with Crippen LogP contribution in [0.25, 0.3) is 11.2 Å². The predicted molar refractivity (Wildman–Crippen MR) is 114 cm³/mol. The van der Waals surface area contributed by atoms with Gasteiger partial charge in [-0.25, -0.2) is 14.5 Å². The van der Waals surface area contributed by atoms with Gasteiger partial charge in [0.15, 0.2) is 11.2 Å². The van der Waals surface area contributed by atoms with Crippen LogP contribution in [0, 0.1) is 0 Å². The number of hydrogen-bond donors (Lipinski definition) is 1. The molecular weight excluding hydrogens is 454 g/mol. The molecule has 0 saturated heterocycles. The molecule has 0 aliphatic rings. The number of hydrogen-bond acceptors (Lipinski definition) is 5. The topological polar surface area (TPSA) is 109 Å². The minimum atomic E-state index is -0.502. The van der Waals surface area contributed by atoms with Gasteiger partial charge < -0.3 is 9.88 Å². The Bertz CT molecular complexity index is 1380. The first kappa shape index (κ1) is 19.8. The molecule has 0 aliphatic carbocycles. The monoisotopic (exact) mass is 471 g/mol. The molecule has 3 heterocycles. The number of rotatable bonds is 5. The van der Waals surface area contributed by atoms with Crippen molar-refractivity contribution in [2.75, 3.05) is 5.32 Å². The van der Waals surface area contributed by atoms with Gasteiger partial charge in [-0.1, -0.05) is 34.1 Å². The summed E-state index contributed by atoms with van der Waals surface area (Å²) in [4.78, 5) is 41.3. The van der Waals surface area contributed by atoms with E-state index in [9.17, 15) is 14.4 Å². The van der Waals surface area contributed by atoms with Crippen LogP contribution < -0.4 is 16.6 Å². The van der Waals surface area contributed by atoms with Crippen LogP contribution in [0.4, 0.5) is 5.82 Å². The fourth-order valence-electron chi connectivity index (χ4n) is 3.21. The second-order valence-electron chi connectivity index (χ2n) is 6.76. The molecule has 1 amide bonds. The van der Waals surface area contributed by atoms with E-state index < -0.39 is 11.2 Å². The van der Waals surface area contributed by atoms with Gasteiger partial charge in [0.05, 0.1) is 19.1 Å². The molecule has 0 bridgehead atoms. The van der Waals surface area contributed by atoms with Crippen molar-refractivity contribution in [2.24, 2.45) is 14.1 Å². The van der Waals surface area contributed by atoms with E-state index >= 15 is 0 Å². The Morgan fingerprint density at radius 1 is 1.13 bits per heavy atom. The number of anilines is 1. The van der Waals surface area contributed by atoms with Crippen molar-refractivity contribution in [1.82, 2.24) is 28.5 Å². The maximum absolute atomic E-state index is 12.7. The van der Waals surface area contributed by atoms with Gasteiger partial charge in [0.2, 0.25) is 5.91 Å². The quantitative estimate of drug-likeness (QED) is 0.468. The van der Waals surface area contributed by atoms with Gasteiger partial charge in [0.25, 0.3) is 5.56 Å². The SMILES string of the molecule is Cn1c(=O)c2c(ncn2CC(=O)Nc2ccnn2Cc2ccccc2Br)n(C)c1=O. The Morgan fingerprint density at radius 2 is 1.90 bits per heavy atom. The number of aromatic nitrogens is 6. The number of amides is 1. The van der Waals surface area contributed by atoms with Gasteiger partial charge in [0, 0.05) is 24.6 Å². The summed E-state index contributed by atoms with van der Waals surface area (Å²) in [7, 11) is 2.92. The van der Waals surface area contributed by atoms with Crippen LogP contribution in [0.3, 0.4) is 0 Å². The molecule has 30 heavy (non-hydrogen) atoms. The van der Waals surface area contributed by atoms with E-state index in [-0.39, 0.29) is 23.6 Å². The number of halogens is 1. The third kappa shape index (κ3) is 3.47. The maximum atomic E-state index is 12.7. The molecule has 0 atom stereocenters. The second kappa shape index (κ2) is 7.75. The average molecular weight is 472 g/mol. The van der Waals surface area contributed by atoms with Crippen molar-refractivity contribution < 1.29 is 4.79 Å². The van der Waals surface area contributed by atoms with E-state index in [1.165, 1.54) is 29.6 Å². The molecule has 0 saturated carbocycles. The molecule has 10 nitrogen and oxygen atoms in total. The van der Waals surface area contributed by atoms with E-state index in [1.807, 2.05) is 24.3 Å². The molecule has 0 fully saturated rings. The zero-order chi connectivity index (χ0) is 21.4. The Kier molecular flexibility index (Phi) is 5.12. The van der Waals surface area contributed by atoms with Crippen LogP contribution in [0.5, 0.6) is 0 Å². The lowest BCUT2D eigenvalue weighted by atomic mass is 10.2. The van der Waals surface area contributed by atoms with Gasteiger partial charge in [0.1, 0.15) is 12.4 Å². The third-order valence-corrected chi connectivity index (χ3v) is 5.57. The Balaban J connectivity index is 1.57. The number of nitrogens with zero attached hydrogens (tertiary/aromatic N) is 6. The normalized spacial score (nSPS) is 11.2. The smallest absolute Gasteiger partial charge is 0.315 e. The number of carbonyl (C=O) groups excluding carboxylic acids is 1. The molecule has 0 radical (unpaired) electrons. The number of fused-ring (bicyclic) bond motifs is 1. The zero-order valence-corrected chi connectivity index (χ0v) is 17.8. The molecule has 1 N–H and O–H groups in total. The predicted octanol–water partition coefficient (Wildman–Crippen LogP) is 1.08. The van der Waals surface area contributed by atoms with E-state index in [0.29, 0.717) is 12.4 Å². The highest BCUT2D eigenvalue weighted by Crippen LogP contribution is 2.19. The highest BCUT2D eigenvalue weighted by Gasteiger charge is 2.17. The number of imidazole rings is 1. The van der Waals surface area contributed by atoms with Gasteiger partial charge in [-0.3, -0.25) is 18.7 Å². The summed E-state index contributed by atoms with van der Waals surface area (Å²) in [6.45, 7) is 0.338. The first-order chi connectivity index (χ1) is 14.4. The van der Waals surface area contributed by atoms with Crippen molar-refractivity contribution in [2.45, 2.75) is 13.1 Å². The highest BCUT2D eigenvalue weighted by molar-refractivity contribution is 9.10. The summed E-state index contributed by atoms with van der Waals surface area (Å²) in [6, 6.07) is 9.46. The third-order valence-electron chi connectivity index (χ3n) is 4.79. The summed E-state index contributed by atoms with van der Waals surface area (Å²) >= 11 is 3.51. The van der Waals surface area contributed by atoms with Crippen molar-refractivity contribution in [3.8, 4) is 0 Å². The molecule has 11 heteroatoms.